The summed E-state index contributed by atoms with van der Waals surface area (Å²) in [6.45, 7) is 0. The fourth-order valence-corrected chi connectivity index (χ4v) is 1.27. The van der Waals surface area contributed by atoms with Crippen molar-refractivity contribution in [2.24, 2.45) is 0 Å². The van der Waals surface area contributed by atoms with E-state index in [4.69, 9.17) is 11.6 Å². The van der Waals surface area contributed by atoms with E-state index >= 15 is 0 Å². The molecule has 0 aliphatic carbocycles. The molecule has 5 heteroatoms. The Morgan fingerprint density at radius 1 is 1.53 bits per heavy atom. The van der Waals surface area contributed by atoms with Gasteiger partial charge < -0.3 is 0 Å². The summed E-state index contributed by atoms with van der Waals surface area (Å²) in [5.41, 5.74) is 0.573. The molecule has 0 aromatic heterocycles. The lowest BCUT2D eigenvalue weighted by Crippen LogP contribution is -1.88. The van der Waals surface area contributed by atoms with Gasteiger partial charge in [0.15, 0.2) is 0 Å². The Labute approximate surface area is 98.0 Å². The smallest absolute Gasteiger partial charge is 0.258 e. The van der Waals surface area contributed by atoms with E-state index in [1.165, 1.54) is 12.1 Å². The number of hydrogen-bond acceptors (Lipinski definition) is 3. The van der Waals surface area contributed by atoms with Gasteiger partial charge in [0.2, 0.25) is 0 Å². The Morgan fingerprint density at radius 3 is 2.80 bits per heavy atom. The number of non-ortho nitro benzene ring substituents is 1. The van der Waals surface area contributed by atoms with Crippen LogP contribution in [0.25, 0.3) is 0 Å². The quantitative estimate of drug-likeness (QED) is 0.374. The number of nitro groups is 1. The summed E-state index contributed by atoms with van der Waals surface area (Å²) in [4.78, 5) is 9.94. The largest absolute Gasteiger partial charge is 0.271 e. The minimum Gasteiger partial charge on any atom is -0.258 e. The molecule has 1 aromatic carbocycles. The lowest BCUT2D eigenvalue weighted by Gasteiger charge is -1.95. The second kappa shape index (κ2) is 5.64. The van der Waals surface area contributed by atoms with Crippen LogP contribution in [0.1, 0.15) is 12.0 Å². The topological polar surface area (TPSA) is 43.1 Å². The maximum absolute atomic E-state index is 10.4. The Hall–Kier alpha value is -1.18. The summed E-state index contributed by atoms with van der Waals surface area (Å²) in [6, 6.07) is 4.23. The van der Waals surface area contributed by atoms with E-state index in [2.05, 4.69) is 24.5 Å². The van der Waals surface area contributed by atoms with Crippen LogP contribution in [0.4, 0.5) is 5.69 Å². The molecule has 0 atom stereocenters. The summed E-state index contributed by atoms with van der Waals surface area (Å²) in [5, 5.41) is 10.7. The average molecular weight is 242 g/mol. The molecule has 78 valence electrons. The highest BCUT2D eigenvalue weighted by atomic mass is 35.5. The van der Waals surface area contributed by atoms with E-state index in [1.807, 2.05) is 0 Å². The van der Waals surface area contributed by atoms with E-state index in [0.717, 1.165) is 0 Å². The molecule has 0 amide bonds. The van der Waals surface area contributed by atoms with Gasteiger partial charge in [0.1, 0.15) is 0 Å². The molecule has 0 heterocycles. The lowest BCUT2D eigenvalue weighted by molar-refractivity contribution is -0.384. The number of nitro benzene ring substituents is 1. The van der Waals surface area contributed by atoms with Gasteiger partial charge >= 0.3 is 0 Å². The highest BCUT2D eigenvalue weighted by Crippen LogP contribution is 2.21. The molecule has 15 heavy (non-hydrogen) atoms. The van der Waals surface area contributed by atoms with Crippen molar-refractivity contribution in [3.63, 3.8) is 0 Å². The van der Waals surface area contributed by atoms with E-state index < -0.39 is 4.92 Å². The number of hydrogen-bond donors (Lipinski definition) is 1. The van der Waals surface area contributed by atoms with Crippen LogP contribution in [0.3, 0.4) is 0 Å². The molecule has 0 radical (unpaired) electrons. The molecule has 3 nitrogen and oxygen atoms in total. The first-order valence-electron chi connectivity index (χ1n) is 4.19. The van der Waals surface area contributed by atoms with E-state index in [-0.39, 0.29) is 5.69 Å². The first kappa shape index (κ1) is 11.9. The molecule has 0 saturated carbocycles. The molecule has 0 saturated heterocycles. The van der Waals surface area contributed by atoms with Gasteiger partial charge in [-0.1, -0.05) is 23.4 Å². The molecule has 1 rings (SSSR count). The fourth-order valence-electron chi connectivity index (χ4n) is 0.933. The van der Waals surface area contributed by atoms with Crippen LogP contribution < -0.4 is 0 Å². The third-order valence-corrected chi connectivity index (χ3v) is 2.16. The molecular weight excluding hydrogens is 234 g/mol. The Bertz CT molecular complexity index is 437. The van der Waals surface area contributed by atoms with Gasteiger partial charge in [0.25, 0.3) is 5.69 Å². The molecule has 1 aromatic rings. The highest BCUT2D eigenvalue weighted by molar-refractivity contribution is 7.80. The molecular formula is C10H8ClNO2S. The summed E-state index contributed by atoms with van der Waals surface area (Å²) in [7, 11) is 0. The zero-order valence-electron chi connectivity index (χ0n) is 7.74. The van der Waals surface area contributed by atoms with Crippen LogP contribution in [0.2, 0.25) is 5.02 Å². The first-order chi connectivity index (χ1) is 7.15. The van der Waals surface area contributed by atoms with Gasteiger partial charge in [-0.15, -0.1) is 0 Å². The van der Waals surface area contributed by atoms with Crippen molar-refractivity contribution in [2.45, 2.75) is 6.42 Å². The van der Waals surface area contributed by atoms with E-state index in [0.29, 0.717) is 22.8 Å². The van der Waals surface area contributed by atoms with Crippen molar-refractivity contribution < 1.29 is 4.92 Å². The number of benzene rings is 1. The van der Waals surface area contributed by atoms with Gasteiger partial charge in [-0.2, -0.15) is 12.6 Å². The third kappa shape index (κ3) is 3.46. The summed E-state index contributed by atoms with van der Waals surface area (Å²) < 4.78 is 0. The molecule has 0 N–H and O–H groups in total. The normalized spacial score (nSPS) is 9.20. The van der Waals surface area contributed by atoms with Gasteiger partial charge in [-0.05, 0) is 6.07 Å². The maximum Gasteiger partial charge on any atom is 0.271 e. The predicted octanol–water partition coefficient (Wildman–Crippen LogP) is 2.92. The van der Waals surface area contributed by atoms with Crippen molar-refractivity contribution in [1.82, 2.24) is 0 Å². The summed E-state index contributed by atoms with van der Waals surface area (Å²) in [6.07, 6.45) is 0.663. The minimum absolute atomic E-state index is 0.0280. The van der Waals surface area contributed by atoms with Gasteiger partial charge in [-0.25, -0.2) is 0 Å². The number of halogens is 1. The highest BCUT2D eigenvalue weighted by Gasteiger charge is 2.07. The van der Waals surface area contributed by atoms with Crippen LogP contribution in [0.15, 0.2) is 18.2 Å². The second-order valence-electron chi connectivity index (χ2n) is 2.70. The second-order valence-corrected chi connectivity index (χ2v) is 3.55. The maximum atomic E-state index is 10.4. The van der Waals surface area contributed by atoms with Gasteiger partial charge in [0, 0.05) is 29.9 Å². The minimum atomic E-state index is -0.489. The Kier molecular flexibility index (Phi) is 4.47. The predicted molar refractivity (Wildman–Crippen MR) is 63.5 cm³/mol. The average Bonchev–Trinajstić information content (AvgIpc) is 2.20. The standard InChI is InChI=1S/C10H8ClNO2S/c11-10-7-9(12(13)14)5-4-8(10)3-1-2-6-15/h4-5,7,15H,2,6H2. The molecule has 0 aliphatic rings. The molecule has 0 bridgehead atoms. The SMILES string of the molecule is O=[N+]([O-])c1ccc(C#CCCS)c(Cl)c1. The van der Waals surface area contributed by atoms with Crippen LogP contribution in [-0.2, 0) is 0 Å². The van der Waals surface area contributed by atoms with Crippen molar-refractivity contribution in [2.75, 3.05) is 5.75 Å². The summed E-state index contributed by atoms with van der Waals surface area (Å²) in [5.74, 6) is 6.36. The molecule has 0 aliphatic heterocycles. The van der Waals surface area contributed by atoms with Crippen LogP contribution in [-0.4, -0.2) is 10.7 Å². The number of thiol groups is 1. The first-order valence-corrected chi connectivity index (χ1v) is 5.20. The van der Waals surface area contributed by atoms with E-state index in [9.17, 15) is 10.1 Å². The van der Waals surface area contributed by atoms with Gasteiger partial charge in [-0.3, -0.25) is 10.1 Å². The van der Waals surface area contributed by atoms with Crippen LogP contribution >= 0.6 is 24.2 Å². The van der Waals surface area contributed by atoms with Crippen molar-refractivity contribution >= 4 is 29.9 Å². The zero-order valence-corrected chi connectivity index (χ0v) is 9.39. The van der Waals surface area contributed by atoms with Crippen LogP contribution in [0, 0.1) is 22.0 Å². The Balaban J connectivity index is 2.95. The number of nitrogens with zero attached hydrogens (tertiary/aromatic N) is 1. The van der Waals surface area contributed by atoms with Crippen LogP contribution in [0.5, 0.6) is 0 Å². The number of rotatable bonds is 2. The van der Waals surface area contributed by atoms with Crippen molar-refractivity contribution in [3.8, 4) is 11.8 Å². The molecule has 0 fully saturated rings. The van der Waals surface area contributed by atoms with E-state index in [1.54, 1.807) is 6.07 Å². The monoisotopic (exact) mass is 241 g/mol. The van der Waals surface area contributed by atoms with Gasteiger partial charge in [0.05, 0.1) is 9.95 Å². The summed E-state index contributed by atoms with van der Waals surface area (Å²) >= 11 is 9.84. The van der Waals surface area contributed by atoms with Crippen molar-refractivity contribution in [3.05, 3.63) is 38.9 Å². The third-order valence-electron chi connectivity index (χ3n) is 1.62. The van der Waals surface area contributed by atoms with Crippen molar-refractivity contribution in [1.29, 1.82) is 0 Å². The molecule has 0 unspecified atom stereocenters. The Morgan fingerprint density at radius 2 is 2.27 bits per heavy atom. The fraction of sp³-hybridized carbons (Fsp3) is 0.200. The lowest BCUT2D eigenvalue weighted by atomic mass is 10.2. The molecule has 0 spiro atoms. The zero-order chi connectivity index (χ0) is 11.3.